The predicted octanol–water partition coefficient (Wildman–Crippen LogP) is 3.90. The zero-order chi connectivity index (χ0) is 17.6. The third kappa shape index (κ3) is 3.24. The van der Waals surface area contributed by atoms with Crippen molar-refractivity contribution in [2.75, 3.05) is 19.6 Å². The van der Waals surface area contributed by atoms with Crippen molar-refractivity contribution in [1.82, 2.24) is 10.2 Å². The highest BCUT2D eigenvalue weighted by Gasteiger charge is 2.47. The van der Waals surface area contributed by atoms with Gasteiger partial charge in [0.2, 0.25) is 0 Å². The Bertz CT molecular complexity index is 805. The van der Waals surface area contributed by atoms with Crippen molar-refractivity contribution in [1.29, 1.82) is 0 Å². The lowest BCUT2D eigenvalue weighted by atomic mass is 9.87. The number of hydrogen-bond donors (Lipinski definition) is 1. The van der Waals surface area contributed by atoms with Crippen LogP contribution in [0, 0.1) is 31.5 Å². The van der Waals surface area contributed by atoms with Crippen LogP contribution in [0.25, 0.3) is 0 Å². The lowest BCUT2D eigenvalue weighted by Crippen LogP contribution is -2.35. The highest BCUT2D eigenvalue weighted by Crippen LogP contribution is 2.44. The number of carbonyl (C=O) groups excluding carboxylic acids is 1. The lowest BCUT2D eigenvalue weighted by Gasteiger charge is -2.29. The molecule has 138 valence electrons. The molecule has 0 saturated carbocycles. The summed E-state index contributed by atoms with van der Waals surface area (Å²) < 4.78 is 13.8. The van der Waals surface area contributed by atoms with E-state index < -0.39 is 0 Å². The number of rotatable bonds is 2. The Morgan fingerprint density at radius 3 is 2.65 bits per heavy atom. The third-order valence-electron chi connectivity index (χ3n) is 5.62. The second-order valence-electron chi connectivity index (χ2n) is 7.36. The van der Waals surface area contributed by atoms with Crippen LogP contribution in [-0.4, -0.2) is 30.4 Å². The van der Waals surface area contributed by atoms with Crippen LogP contribution in [0.4, 0.5) is 4.39 Å². The number of hydrogen-bond acceptors (Lipinski definition) is 2. The summed E-state index contributed by atoms with van der Waals surface area (Å²) in [6.07, 6.45) is 0. The lowest BCUT2D eigenvalue weighted by molar-refractivity contribution is 0.0713. The molecule has 0 radical (unpaired) electrons. The van der Waals surface area contributed by atoms with Crippen LogP contribution < -0.4 is 5.32 Å². The third-order valence-corrected chi connectivity index (χ3v) is 5.62. The van der Waals surface area contributed by atoms with E-state index in [1.807, 2.05) is 24.0 Å². The molecule has 0 bridgehead atoms. The average molecular weight is 375 g/mol. The summed E-state index contributed by atoms with van der Waals surface area (Å²) >= 11 is 0. The molecule has 2 fully saturated rings. The van der Waals surface area contributed by atoms with Gasteiger partial charge in [-0.15, -0.1) is 12.4 Å². The number of benzene rings is 2. The van der Waals surface area contributed by atoms with E-state index in [0.29, 0.717) is 17.4 Å². The Hall–Kier alpha value is -1.91. The molecule has 2 aliphatic heterocycles. The Morgan fingerprint density at radius 1 is 1.15 bits per heavy atom. The van der Waals surface area contributed by atoms with Gasteiger partial charge in [-0.3, -0.25) is 4.79 Å². The van der Waals surface area contributed by atoms with Gasteiger partial charge in [0.05, 0.1) is 6.04 Å². The van der Waals surface area contributed by atoms with E-state index in [2.05, 4.69) is 24.4 Å². The minimum absolute atomic E-state index is 0. The van der Waals surface area contributed by atoms with E-state index in [9.17, 15) is 9.18 Å². The molecule has 4 rings (SSSR count). The zero-order valence-corrected chi connectivity index (χ0v) is 15.9. The Kier molecular flexibility index (Phi) is 5.35. The van der Waals surface area contributed by atoms with Crippen LogP contribution in [0.5, 0.6) is 0 Å². The van der Waals surface area contributed by atoms with Crippen LogP contribution >= 0.6 is 12.4 Å². The molecule has 1 N–H and O–H groups in total. The van der Waals surface area contributed by atoms with E-state index in [0.717, 1.165) is 25.2 Å². The fourth-order valence-corrected chi connectivity index (χ4v) is 4.47. The summed E-state index contributed by atoms with van der Waals surface area (Å²) in [7, 11) is 0. The molecule has 2 aliphatic rings. The molecule has 1 amide bonds. The van der Waals surface area contributed by atoms with Gasteiger partial charge < -0.3 is 10.2 Å². The number of fused-ring (bicyclic) bond motifs is 1. The largest absolute Gasteiger partial charge is 0.331 e. The minimum atomic E-state index is -0.350. The number of nitrogens with one attached hydrogen (secondary N) is 1. The molecule has 2 saturated heterocycles. The molecule has 0 aliphatic carbocycles. The zero-order valence-electron chi connectivity index (χ0n) is 15.0. The van der Waals surface area contributed by atoms with Crippen molar-refractivity contribution in [2.45, 2.75) is 19.9 Å². The molecular formula is C21H24ClFN2O. The van der Waals surface area contributed by atoms with Gasteiger partial charge in [-0.2, -0.15) is 0 Å². The van der Waals surface area contributed by atoms with Crippen molar-refractivity contribution in [3.8, 4) is 0 Å². The van der Waals surface area contributed by atoms with Crippen molar-refractivity contribution >= 4 is 18.3 Å². The monoisotopic (exact) mass is 374 g/mol. The fraction of sp³-hybridized carbons (Fsp3) is 0.381. The van der Waals surface area contributed by atoms with Crippen molar-refractivity contribution in [3.63, 3.8) is 0 Å². The standard InChI is InChI=1S/C21H23FN2O.ClH/c1-13-7-15(9-17(22)8-13)21(25)24-12-16-10-23-11-19(16)20(24)18-6-4-3-5-14(18)2;/h3-9,16,19-20,23H,10-12H2,1-2H3;1H/t16-,19-,20-;/m0./s1. The van der Waals surface area contributed by atoms with Crippen LogP contribution in [0.1, 0.15) is 33.1 Å². The molecular weight excluding hydrogens is 351 g/mol. The quantitative estimate of drug-likeness (QED) is 0.864. The summed E-state index contributed by atoms with van der Waals surface area (Å²) in [5.41, 5.74) is 3.63. The summed E-state index contributed by atoms with van der Waals surface area (Å²) in [6.45, 7) is 6.51. The molecule has 2 heterocycles. The molecule has 26 heavy (non-hydrogen) atoms. The van der Waals surface area contributed by atoms with Gasteiger partial charge in [0.15, 0.2) is 0 Å². The predicted molar refractivity (Wildman–Crippen MR) is 103 cm³/mol. The van der Waals surface area contributed by atoms with E-state index in [-0.39, 0.29) is 30.2 Å². The van der Waals surface area contributed by atoms with Gasteiger partial charge >= 0.3 is 0 Å². The molecule has 2 aromatic carbocycles. The number of carbonyl (C=O) groups is 1. The number of nitrogens with zero attached hydrogens (tertiary/aromatic N) is 1. The van der Waals surface area contributed by atoms with Gasteiger partial charge in [0.25, 0.3) is 5.91 Å². The van der Waals surface area contributed by atoms with Crippen LogP contribution in [-0.2, 0) is 0 Å². The number of aryl methyl sites for hydroxylation is 2. The van der Waals surface area contributed by atoms with Crippen molar-refractivity contribution in [2.24, 2.45) is 11.8 Å². The highest BCUT2D eigenvalue weighted by molar-refractivity contribution is 5.95. The number of likely N-dealkylation sites (tertiary alicyclic amines) is 1. The molecule has 3 atom stereocenters. The second-order valence-corrected chi connectivity index (χ2v) is 7.36. The Balaban J connectivity index is 0.00000196. The van der Waals surface area contributed by atoms with Gasteiger partial charge in [0.1, 0.15) is 5.82 Å². The maximum Gasteiger partial charge on any atom is 0.254 e. The van der Waals surface area contributed by atoms with Crippen molar-refractivity contribution < 1.29 is 9.18 Å². The second kappa shape index (κ2) is 7.37. The first-order valence-corrected chi connectivity index (χ1v) is 8.89. The molecule has 5 heteroatoms. The first-order valence-electron chi connectivity index (χ1n) is 8.89. The normalized spacial score (nSPS) is 24.3. The maximum absolute atomic E-state index is 13.8. The highest BCUT2D eigenvalue weighted by atomic mass is 35.5. The summed E-state index contributed by atoms with van der Waals surface area (Å²) in [4.78, 5) is 15.2. The number of amides is 1. The first kappa shape index (κ1) is 18.9. The smallest absolute Gasteiger partial charge is 0.254 e. The van der Waals surface area contributed by atoms with E-state index in [1.54, 1.807) is 6.07 Å². The summed E-state index contributed by atoms with van der Waals surface area (Å²) in [5, 5.41) is 3.46. The summed E-state index contributed by atoms with van der Waals surface area (Å²) in [6, 6.07) is 12.9. The van der Waals surface area contributed by atoms with Crippen LogP contribution in [0.2, 0.25) is 0 Å². The Morgan fingerprint density at radius 2 is 1.92 bits per heavy atom. The van der Waals surface area contributed by atoms with E-state index >= 15 is 0 Å². The molecule has 2 aromatic rings. The molecule has 0 spiro atoms. The van der Waals surface area contributed by atoms with Gasteiger partial charge in [-0.25, -0.2) is 4.39 Å². The maximum atomic E-state index is 13.8. The summed E-state index contributed by atoms with van der Waals surface area (Å²) in [5.74, 6) is 0.463. The van der Waals surface area contributed by atoms with Crippen LogP contribution in [0.3, 0.4) is 0 Å². The van der Waals surface area contributed by atoms with Gasteiger partial charge in [-0.05, 0) is 54.7 Å². The first-order chi connectivity index (χ1) is 12.0. The average Bonchev–Trinajstić information content (AvgIpc) is 3.15. The molecule has 0 aromatic heterocycles. The van der Waals surface area contributed by atoms with E-state index in [1.165, 1.54) is 23.3 Å². The van der Waals surface area contributed by atoms with Gasteiger partial charge in [-0.1, -0.05) is 24.3 Å². The number of halogens is 2. The van der Waals surface area contributed by atoms with Crippen molar-refractivity contribution in [3.05, 3.63) is 70.5 Å². The fourth-order valence-electron chi connectivity index (χ4n) is 4.47. The Labute approximate surface area is 160 Å². The molecule has 0 unspecified atom stereocenters. The van der Waals surface area contributed by atoms with Gasteiger partial charge in [0, 0.05) is 31.1 Å². The van der Waals surface area contributed by atoms with Crippen LogP contribution in [0.15, 0.2) is 42.5 Å². The SMILES string of the molecule is Cc1cc(F)cc(C(=O)N2C[C@@H]3CNC[C@@H]3[C@@H]2c2ccccc2C)c1.Cl. The minimum Gasteiger partial charge on any atom is -0.331 e. The van der Waals surface area contributed by atoms with E-state index in [4.69, 9.17) is 0 Å². The topological polar surface area (TPSA) is 32.3 Å². The molecule has 3 nitrogen and oxygen atoms in total.